The maximum absolute atomic E-state index is 12.2. The quantitative estimate of drug-likeness (QED) is 0.711. The number of imide groups is 1. The summed E-state index contributed by atoms with van der Waals surface area (Å²) in [7, 11) is 1.61. The Morgan fingerprint density at radius 1 is 1.36 bits per heavy atom. The van der Waals surface area contributed by atoms with Gasteiger partial charge in [-0.25, -0.2) is 9.78 Å². The summed E-state index contributed by atoms with van der Waals surface area (Å²) in [6.07, 6.45) is 4.21. The molecule has 1 aromatic heterocycles. The van der Waals surface area contributed by atoms with Gasteiger partial charge in [0.25, 0.3) is 0 Å². The first-order valence-corrected chi connectivity index (χ1v) is 9.25. The van der Waals surface area contributed by atoms with Gasteiger partial charge in [0.1, 0.15) is 5.75 Å². The van der Waals surface area contributed by atoms with Crippen LogP contribution >= 0.6 is 11.8 Å². The summed E-state index contributed by atoms with van der Waals surface area (Å²) < 4.78 is 5.19. The number of H-pyrrole nitrogens is 1. The van der Waals surface area contributed by atoms with Crippen LogP contribution in [0.3, 0.4) is 0 Å². The highest BCUT2D eigenvalue weighted by atomic mass is 32.2. The molecule has 0 bridgehead atoms. The Hall–Kier alpha value is -2.22. The van der Waals surface area contributed by atoms with Crippen LogP contribution in [0.15, 0.2) is 23.4 Å². The number of amides is 3. The molecule has 1 aliphatic rings. The number of rotatable bonds is 5. The summed E-state index contributed by atoms with van der Waals surface area (Å²) in [5.74, 6) is 0.403. The molecule has 3 N–H and O–H groups in total. The summed E-state index contributed by atoms with van der Waals surface area (Å²) in [6.45, 7) is 1.75. The molecule has 134 valence electrons. The van der Waals surface area contributed by atoms with E-state index >= 15 is 0 Å². The topological polar surface area (TPSA) is 96.1 Å². The number of carbonyl (C=O) groups excluding carboxylic acids is 2. The first kappa shape index (κ1) is 17.6. The molecule has 1 atom stereocenters. The lowest BCUT2D eigenvalue weighted by atomic mass is 10.2. The van der Waals surface area contributed by atoms with E-state index in [2.05, 4.69) is 20.6 Å². The zero-order valence-corrected chi connectivity index (χ0v) is 15.1. The molecule has 0 aliphatic heterocycles. The zero-order valence-electron chi connectivity index (χ0n) is 14.3. The van der Waals surface area contributed by atoms with Crippen LogP contribution < -0.4 is 15.4 Å². The summed E-state index contributed by atoms with van der Waals surface area (Å²) >= 11 is 1.28. The Balaban J connectivity index is 1.56. The summed E-state index contributed by atoms with van der Waals surface area (Å²) in [6, 6.07) is 5.31. The number of carbonyl (C=O) groups is 2. The lowest BCUT2D eigenvalue weighted by Gasteiger charge is -2.14. The fraction of sp³-hybridized carbons (Fsp3) is 0.471. The number of fused-ring (bicyclic) bond motifs is 1. The van der Waals surface area contributed by atoms with Gasteiger partial charge in [-0.05, 0) is 31.9 Å². The number of methoxy groups -OCH3 is 1. The van der Waals surface area contributed by atoms with Crippen molar-refractivity contribution in [3.8, 4) is 5.75 Å². The average Bonchev–Trinajstić information content (AvgIpc) is 3.22. The van der Waals surface area contributed by atoms with E-state index in [-0.39, 0.29) is 11.9 Å². The summed E-state index contributed by atoms with van der Waals surface area (Å²) in [4.78, 5) is 31.7. The van der Waals surface area contributed by atoms with Gasteiger partial charge in [0.2, 0.25) is 5.91 Å². The summed E-state index contributed by atoms with van der Waals surface area (Å²) in [5.41, 5.74) is 1.64. The van der Waals surface area contributed by atoms with E-state index in [1.54, 1.807) is 14.0 Å². The molecular formula is C17H22N4O3S. The molecule has 8 heteroatoms. The van der Waals surface area contributed by atoms with Crippen molar-refractivity contribution in [1.29, 1.82) is 0 Å². The Labute approximate surface area is 150 Å². The number of benzene rings is 1. The van der Waals surface area contributed by atoms with Gasteiger partial charge in [-0.3, -0.25) is 10.1 Å². The Morgan fingerprint density at radius 2 is 2.12 bits per heavy atom. The fourth-order valence-electron chi connectivity index (χ4n) is 2.87. The second kappa shape index (κ2) is 7.77. The molecule has 1 fully saturated rings. The molecule has 0 unspecified atom stereocenters. The lowest BCUT2D eigenvalue weighted by molar-refractivity contribution is -0.119. The average molecular weight is 362 g/mol. The number of aromatic amines is 1. The van der Waals surface area contributed by atoms with Crippen molar-refractivity contribution in [1.82, 2.24) is 20.6 Å². The third-order valence-electron chi connectivity index (χ3n) is 4.25. The number of aromatic nitrogens is 2. The minimum atomic E-state index is -0.447. The molecular weight excluding hydrogens is 340 g/mol. The third-order valence-corrected chi connectivity index (χ3v) is 5.24. The monoisotopic (exact) mass is 362 g/mol. The smallest absolute Gasteiger partial charge is 0.321 e. The molecule has 0 saturated heterocycles. The van der Waals surface area contributed by atoms with Crippen molar-refractivity contribution >= 4 is 34.7 Å². The number of nitrogens with one attached hydrogen (secondary N) is 3. The largest absolute Gasteiger partial charge is 0.497 e. The van der Waals surface area contributed by atoms with Crippen molar-refractivity contribution in [3.63, 3.8) is 0 Å². The van der Waals surface area contributed by atoms with Gasteiger partial charge < -0.3 is 15.0 Å². The first-order valence-electron chi connectivity index (χ1n) is 8.37. The standard InChI is InChI=1S/C17H22N4O3S/c1-10(15(22)21-16(23)18-11-5-3-4-6-11)25-17-19-13-8-7-12(24-2)9-14(13)20-17/h7-11H,3-6H2,1-2H3,(H,19,20)(H2,18,21,22,23)/t10-/m0/s1. The highest BCUT2D eigenvalue weighted by Gasteiger charge is 2.21. The maximum atomic E-state index is 12.2. The molecule has 0 spiro atoms. The molecule has 1 aliphatic carbocycles. The highest BCUT2D eigenvalue weighted by molar-refractivity contribution is 8.00. The number of hydrogen-bond acceptors (Lipinski definition) is 5. The molecule has 1 aromatic carbocycles. The van der Waals surface area contributed by atoms with Gasteiger partial charge in [-0.15, -0.1) is 0 Å². The summed E-state index contributed by atoms with van der Waals surface area (Å²) in [5, 5.41) is 5.43. The molecule has 3 amide bonds. The maximum Gasteiger partial charge on any atom is 0.321 e. The van der Waals surface area contributed by atoms with Crippen molar-refractivity contribution in [2.75, 3.05) is 7.11 Å². The molecule has 7 nitrogen and oxygen atoms in total. The number of urea groups is 1. The molecule has 0 radical (unpaired) electrons. The predicted octanol–water partition coefficient (Wildman–Crippen LogP) is 2.82. The van der Waals surface area contributed by atoms with E-state index in [9.17, 15) is 9.59 Å². The van der Waals surface area contributed by atoms with Gasteiger partial charge in [-0.2, -0.15) is 0 Å². The number of imidazole rings is 1. The van der Waals surface area contributed by atoms with Gasteiger partial charge in [0.15, 0.2) is 5.16 Å². The molecule has 1 heterocycles. The number of ether oxygens (including phenoxy) is 1. The van der Waals surface area contributed by atoms with Crippen LogP contribution in [0.2, 0.25) is 0 Å². The van der Waals surface area contributed by atoms with E-state index in [0.29, 0.717) is 5.16 Å². The van der Waals surface area contributed by atoms with Gasteiger partial charge >= 0.3 is 6.03 Å². The highest BCUT2D eigenvalue weighted by Crippen LogP contribution is 2.25. The molecule has 25 heavy (non-hydrogen) atoms. The van der Waals surface area contributed by atoms with Gasteiger partial charge in [0, 0.05) is 12.1 Å². The van der Waals surface area contributed by atoms with Crippen LogP contribution in [0.5, 0.6) is 5.75 Å². The minimum Gasteiger partial charge on any atom is -0.497 e. The predicted molar refractivity (Wildman–Crippen MR) is 96.9 cm³/mol. The Bertz CT molecular complexity index is 770. The molecule has 1 saturated carbocycles. The van der Waals surface area contributed by atoms with Crippen LogP contribution in [-0.2, 0) is 4.79 Å². The van der Waals surface area contributed by atoms with E-state index in [4.69, 9.17) is 4.74 Å². The van der Waals surface area contributed by atoms with Crippen LogP contribution in [0.4, 0.5) is 4.79 Å². The molecule has 2 aromatic rings. The number of hydrogen-bond donors (Lipinski definition) is 3. The van der Waals surface area contributed by atoms with E-state index in [1.165, 1.54) is 11.8 Å². The van der Waals surface area contributed by atoms with Gasteiger partial charge in [-0.1, -0.05) is 24.6 Å². The zero-order chi connectivity index (χ0) is 17.8. The van der Waals surface area contributed by atoms with E-state index in [0.717, 1.165) is 42.5 Å². The van der Waals surface area contributed by atoms with Crippen molar-refractivity contribution in [2.45, 2.75) is 49.1 Å². The van der Waals surface area contributed by atoms with Crippen molar-refractivity contribution in [2.24, 2.45) is 0 Å². The first-order chi connectivity index (χ1) is 12.0. The number of nitrogens with zero attached hydrogens (tertiary/aromatic N) is 1. The molecule has 3 rings (SSSR count). The number of thioether (sulfide) groups is 1. The third kappa shape index (κ3) is 4.45. The minimum absolute atomic E-state index is 0.182. The second-order valence-electron chi connectivity index (χ2n) is 6.13. The normalized spacial score (nSPS) is 15.9. The SMILES string of the molecule is COc1ccc2nc(S[C@@H](C)C(=O)NC(=O)NC3CCCC3)[nH]c2c1. The fourth-order valence-corrected chi connectivity index (χ4v) is 3.70. The van der Waals surface area contributed by atoms with Crippen molar-refractivity contribution < 1.29 is 14.3 Å². The second-order valence-corrected chi connectivity index (χ2v) is 7.46. The van der Waals surface area contributed by atoms with Crippen LogP contribution in [-0.4, -0.2) is 40.3 Å². The Morgan fingerprint density at radius 3 is 2.84 bits per heavy atom. The van der Waals surface area contributed by atoms with E-state index in [1.807, 2.05) is 18.2 Å². The van der Waals surface area contributed by atoms with Gasteiger partial charge in [0.05, 0.1) is 23.4 Å². The van der Waals surface area contributed by atoms with E-state index < -0.39 is 11.3 Å². The lowest BCUT2D eigenvalue weighted by Crippen LogP contribution is -2.45. The Kier molecular flexibility index (Phi) is 5.47. The van der Waals surface area contributed by atoms with Crippen LogP contribution in [0, 0.1) is 0 Å². The van der Waals surface area contributed by atoms with Crippen LogP contribution in [0.1, 0.15) is 32.6 Å². The van der Waals surface area contributed by atoms with Crippen molar-refractivity contribution in [3.05, 3.63) is 18.2 Å². The van der Waals surface area contributed by atoms with Crippen LogP contribution in [0.25, 0.3) is 11.0 Å².